The van der Waals surface area contributed by atoms with Crippen molar-refractivity contribution in [3.8, 4) is 6.07 Å². The van der Waals surface area contributed by atoms with Crippen LogP contribution in [0.4, 0.5) is 10.6 Å². The molecule has 4 rings (SSSR count). The Labute approximate surface area is 239 Å². The van der Waals surface area contributed by atoms with Gasteiger partial charge < -0.3 is 14.5 Å². The van der Waals surface area contributed by atoms with Crippen molar-refractivity contribution in [3.05, 3.63) is 45.6 Å². The first-order chi connectivity index (χ1) is 18.5. The Hall–Kier alpha value is -2.70. The molecule has 1 aliphatic carbocycles. The highest BCUT2D eigenvalue weighted by molar-refractivity contribution is 7.84. The number of nitrogens with zero attached hydrogens (tertiary/aromatic N) is 5. The van der Waals surface area contributed by atoms with Crippen molar-refractivity contribution in [2.24, 2.45) is 5.92 Å². The van der Waals surface area contributed by atoms with Crippen molar-refractivity contribution in [2.45, 2.75) is 83.0 Å². The van der Waals surface area contributed by atoms with Gasteiger partial charge in [0.2, 0.25) is 5.16 Å². The summed E-state index contributed by atoms with van der Waals surface area (Å²) in [6.07, 6.45) is 5.53. The van der Waals surface area contributed by atoms with Gasteiger partial charge in [0, 0.05) is 36.5 Å². The van der Waals surface area contributed by atoms with Gasteiger partial charge in [-0.25, -0.2) is 14.8 Å². The number of hydrogen-bond acceptors (Lipinski definition) is 7. The van der Waals surface area contributed by atoms with Crippen molar-refractivity contribution >= 4 is 34.3 Å². The van der Waals surface area contributed by atoms with E-state index in [1.54, 1.807) is 11.2 Å². The number of hydrogen-bond donors (Lipinski definition) is 0. The largest absolute Gasteiger partial charge is 0.444 e. The highest BCUT2D eigenvalue weighted by atomic mass is 35.5. The number of aryl methyl sites for hydroxylation is 1. The van der Waals surface area contributed by atoms with E-state index in [0.29, 0.717) is 30.7 Å². The fraction of sp³-hybridized carbons (Fsp3) is 0.586. The first-order valence-corrected chi connectivity index (χ1v) is 15.5. The second-order valence-electron chi connectivity index (χ2n) is 11.6. The van der Waals surface area contributed by atoms with Crippen LogP contribution in [0.25, 0.3) is 0 Å². The minimum atomic E-state index is -1.35. The lowest BCUT2D eigenvalue weighted by molar-refractivity contribution is 0.0144. The van der Waals surface area contributed by atoms with Crippen molar-refractivity contribution in [1.82, 2.24) is 14.9 Å². The number of aromatic nitrogens is 2. The molecule has 1 aliphatic heterocycles. The average molecular weight is 572 g/mol. The molecule has 1 unspecified atom stereocenters. The van der Waals surface area contributed by atoms with Gasteiger partial charge in [0.05, 0.1) is 35.0 Å². The smallest absolute Gasteiger partial charge is 0.410 e. The molecule has 0 bridgehead atoms. The number of nitriles is 1. The monoisotopic (exact) mass is 571 g/mol. The molecule has 0 radical (unpaired) electrons. The van der Waals surface area contributed by atoms with E-state index in [0.717, 1.165) is 54.2 Å². The fourth-order valence-corrected chi connectivity index (χ4v) is 6.14. The summed E-state index contributed by atoms with van der Waals surface area (Å²) in [4.78, 5) is 26.4. The number of halogens is 1. The first-order valence-electron chi connectivity index (χ1n) is 13.6. The standard InChI is InChI=1S/C29H38ClN5O3S/c1-19-9-11-22-20(7-6-8-24(22)30)10-12-23-25(17-19)32-27(39(5)37)33-26(23)34-15-16-35(21(18-34)13-14-31)28(36)38-29(2,3)4/h6-8,19,21H,9-13,15-18H2,1-5H3/t19-,21-,39?/m0/s1. The molecule has 1 amide bonds. The van der Waals surface area contributed by atoms with Crippen LogP contribution in [-0.2, 0) is 41.2 Å². The van der Waals surface area contributed by atoms with Crippen LogP contribution in [0.5, 0.6) is 0 Å². The molecule has 1 aromatic heterocycles. The zero-order valence-corrected chi connectivity index (χ0v) is 25.1. The number of benzene rings is 1. The molecule has 2 aliphatic rings. The SMILES string of the molecule is C[C@H]1CCc2c(Cl)cccc2CCc2c(nc(S(C)=O)nc2N2CCN(C(=O)OC(C)(C)C)[C@@H](CC#N)C2)C1. The third kappa shape index (κ3) is 7.09. The summed E-state index contributed by atoms with van der Waals surface area (Å²) in [6.45, 7) is 9.09. The molecule has 10 heteroatoms. The zero-order valence-electron chi connectivity index (χ0n) is 23.5. The van der Waals surface area contributed by atoms with Crippen LogP contribution >= 0.6 is 11.6 Å². The molecule has 1 aromatic carbocycles. The average Bonchev–Trinajstić information content (AvgIpc) is 2.86. The van der Waals surface area contributed by atoms with Crippen LogP contribution in [-0.4, -0.2) is 62.7 Å². The number of carbonyl (C=O) groups excluding carboxylic acids is 1. The summed E-state index contributed by atoms with van der Waals surface area (Å²) in [7, 11) is -1.35. The molecule has 2 aromatic rings. The van der Waals surface area contributed by atoms with E-state index >= 15 is 0 Å². The van der Waals surface area contributed by atoms with Crippen LogP contribution in [0.2, 0.25) is 5.02 Å². The fourth-order valence-electron chi connectivity index (χ4n) is 5.40. The summed E-state index contributed by atoms with van der Waals surface area (Å²) in [6, 6.07) is 7.99. The normalized spacial score (nSPS) is 20.8. The highest BCUT2D eigenvalue weighted by Gasteiger charge is 2.35. The Morgan fingerprint density at radius 2 is 1.97 bits per heavy atom. The molecule has 1 fully saturated rings. The number of rotatable bonds is 3. The van der Waals surface area contributed by atoms with Crippen LogP contribution in [0.15, 0.2) is 23.4 Å². The van der Waals surface area contributed by atoms with Crippen LogP contribution < -0.4 is 4.90 Å². The van der Waals surface area contributed by atoms with Crippen LogP contribution in [0.3, 0.4) is 0 Å². The van der Waals surface area contributed by atoms with Gasteiger partial charge in [0.1, 0.15) is 11.4 Å². The van der Waals surface area contributed by atoms with E-state index in [1.807, 2.05) is 32.9 Å². The first kappa shape index (κ1) is 29.3. The van der Waals surface area contributed by atoms with Gasteiger partial charge in [-0.05, 0) is 76.0 Å². The molecule has 210 valence electrons. The quantitative estimate of drug-likeness (QED) is 0.472. The van der Waals surface area contributed by atoms with E-state index < -0.39 is 22.5 Å². The Morgan fingerprint density at radius 3 is 2.67 bits per heavy atom. The molecule has 0 saturated carbocycles. The second kappa shape index (κ2) is 12.2. The lowest BCUT2D eigenvalue weighted by atomic mass is 9.88. The van der Waals surface area contributed by atoms with Gasteiger partial charge in [-0.2, -0.15) is 5.26 Å². The van der Waals surface area contributed by atoms with Gasteiger partial charge in [0.15, 0.2) is 0 Å². The van der Waals surface area contributed by atoms with Crippen molar-refractivity contribution in [3.63, 3.8) is 0 Å². The predicted molar refractivity (Wildman–Crippen MR) is 154 cm³/mol. The van der Waals surface area contributed by atoms with Gasteiger partial charge in [-0.3, -0.25) is 4.21 Å². The Morgan fingerprint density at radius 1 is 1.21 bits per heavy atom. The number of carbonyl (C=O) groups is 1. The number of fused-ring (bicyclic) bond motifs is 2. The molecular formula is C29H38ClN5O3S. The predicted octanol–water partition coefficient (Wildman–Crippen LogP) is 5.12. The Balaban J connectivity index is 1.72. The summed E-state index contributed by atoms with van der Waals surface area (Å²) >= 11 is 6.61. The van der Waals surface area contributed by atoms with Crippen LogP contribution in [0.1, 0.15) is 62.9 Å². The summed E-state index contributed by atoms with van der Waals surface area (Å²) in [5.74, 6) is 1.11. The van der Waals surface area contributed by atoms with Crippen LogP contribution in [0, 0.1) is 17.2 Å². The number of ether oxygens (including phenoxy) is 1. The molecule has 1 saturated heterocycles. The molecule has 3 atom stereocenters. The van der Waals surface area contributed by atoms with Gasteiger partial charge in [-0.1, -0.05) is 30.7 Å². The second-order valence-corrected chi connectivity index (χ2v) is 13.3. The molecule has 0 spiro atoms. The van der Waals surface area contributed by atoms with Crippen molar-refractivity contribution in [2.75, 3.05) is 30.8 Å². The maximum absolute atomic E-state index is 13.0. The Bertz CT molecular complexity index is 1290. The molecule has 8 nitrogen and oxygen atoms in total. The summed E-state index contributed by atoms with van der Waals surface area (Å²) in [5, 5.41) is 10.7. The van der Waals surface area contributed by atoms with E-state index in [2.05, 4.69) is 24.0 Å². The molecule has 39 heavy (non-hydrogen) atoms. The topological polar surface area (TPSA) is 99.4 Å². The molecular weight excluding hydrogens is 534 g/mol. The van der Waals surface area contributed by atoms with E-state index in [9.17, 15) is 14.3 Å². The summed E-state index contributed by atoms with van der Waals surface area (Å²) in [5.41, 5.74) is 3.80. The lowest BCUT2D eigenvalue weighted by Crippen LogP contribution is -2.56. The third-order valence-electron chi connectivity index (χ3n) is 7.33. The maximum atomic E-state index is 13.0. The Kier molecular flexibility index (Phi) is 9.18. The van der Waals surface area contributed by atoms with Crippen molar-refractivity contribution < 1.29 is 13.7 Å². The number of piperazine rings is 1. The number of anilines is 1. The van der Waals surface area contributed by atoms with Gasteiger partial charge in [0.25, 0.3) is 0 Å². The molecule has 0 N–H and O–H groups in total. The third-order valence-corrected chi connectivity index (χ3v) is 8.38. The number of amides is 1. The van der Waals surface area contributed by atoms with E-state index in [-0.39, 0.29) is 12.5 Å². The minimum Gasteiger partial charge on any atom is -0.444 e. The van der Waals surface area contributed by atoms with Crippen molar-refractivity contribution in [1.29, 1.82) is 5.26 Å². The highest BCUT2D eigenvalue weighted by Crippen LogP contribution is 2.32. The van der Waals surface area contributed by atoms with Gasteiger partial charge >= 0.3 is 6.09 Å². The summed E-state index contributed by atoms with van der Waals surface area (Å²) < 4.78 is 18.2. The van der Waals surface area contributed by atoms with E-state index in [4.69, 9.17) is 26.3 Å². The lowest BCUT2D eigenvalue weighted by Gasteiger charge is -2.42. The minimum absolute atomic E-state index is 0.179. The van der Waals surface area contributed by atoms with Gasteiger partial charge in [-0.15, -0.1) is 0 Å². The van der Waals surface area contributed by atoms with E-state index in [1.165, 1.54) is 11.1 Å². The zero-order chi connectivity index (χ0) is 28.3. The maximum Gasteiger partial charge on any atom is 0.410 e. The molecule has 2 heterocycles.